The van der Waals surface area contributed by atoms with Crippen molar-refractivity contribution >= 4 is 17.2 Å². The Morgan fingerprint density at radius 1 is 1.03 bits per heavy atom. The van der Waals surface area contributed by atoms with Gasteiger partial charge >= 0.3 is 0 Å². The zero-order valence-corrected chi connectivity index (χ0v) is 19.0. The molecule has 2 aliphatic heterocycles. The molecule has 4 rings (SSSR count). The van der Waals surface area contributed by atoms with Crippen molar-refractivity contribution in [3.8, 4) is 11.5 Å². The SMILES string of the molecule is CC(C)c1cc(C(=O)N2Cc3cc(CN4CCN(CCO)CC4)sc3C2)c(O)cc1O. The molecule has 0 atom stereocenters. The summed E-state index contributed by atoms with van der Waals surface area (Å²) >= 11 is 1.77. The second kappa shape index (κ2) is 9.16. The molecule has 168 valence electrons. The molecule has 1 aromatic carbocycles. The van der Waals surface area contributed by atoms with Gasteiger partial charge in [0.25, 0.3) is 5.91 Å². The quantitative estimate of drug-likeness (QED) is 0.634. The number of hydrogen-bond acceptors (Lipinski definition) is 7. The van der Waals surface area contributed by atoms with Crippen molar-refractivity contribution in [1.82, 2.24) is 14.7 Å². The van der Waals surface area contributed by atoms with Gasteiger partial charge in [0.1, 0.15) is 11.5 Å². The molecule has 0 spiro atoms. The number of piperazine rings is 1. The third kappa shape index (κ3) is 4.72. The Morgan fingerprint density at radius 2 is 1.74 bits per heavy atom. The highest BCUT2D eigenvalue weighted by molar-refractivity contribution is 7.12. The molecule has 0 unspecified atom stereocenters. The van der Waals surface area contributed by atoms with E-state index in [1.54, 1.807) is 22.3 Å². The summed E-state index contributed by atoms with van der Waals surface area (Å²) in [5.74, 6) is -0.306. The Bertz CT molecular complexity index is 927. The Hall–Kier alpha value is -2.13. The minimum Gasteiger partial charge on any atom is -0.508 e. The van der Waals surface area contributed by atoms with Crippen LogP contribution in [0.1, 0.15) is 51.0 Å². The molecule has 1 fully saturated rings. The van der Waals surface area contributed by atoms with Gasteiger partial charge in [-0.2, -0.15) is 0 Å². The summed E-state index contributed by atoms with van der Waals surface area (Å²) in [6.45, 7) is 10.9. The van der Waals surface area contributed by atoms with Gasteiger partial charge in [0.15, 0.2) is 0 Å². The molecule has 0 bridgehead atoms. The van der Waals surface area contributed by atoms with Crippen molar-refractivity contribution in [2.45, 2.75) is 39.4 Å². The van der Waals surface area contributed by atoms with Crippen LogP contribution in [0.2, 0.25) is 0 Å². The summed E-state index contributed by atoms with van der Waals surface area (Å²) in [5.41, 5.74) is 2.10. The van der Waals surface area contributed by atoms with Gasteiger partial charge < -0.3 is 20.2 Å². The van der Waals surface area contributed by atoms with Crippen molar-refractivity contribution in [1.29, 1.82) is 0 Å². The van der Waals surface area contributed by atoms with Crippen molar-refractivity contribution in [2.75, 3.05) is 39.3 Å². The summed E-state index contributed by atoms with van der Waals surface area (Å²) in [6.07, 6.45) is 0. The maximum absolute atomic E-state index is 13.1. The standard InChI is InChI=1S/C23H31N3O4S/c1-15(2)18-10-19(21(29)11-20(18)28)23(30)26-12-16-9-17(31-22(16)14-26)13-25-5-3-24(4-6-25)7-8-27/h9-11,15,27-29H,3-8,12-14H2,1-2H3. The van der Waals surface area contributed by atoms with E-state index in [0.717, 1.165) is 39.3 Å². The molecular weight excluding hydrogens is 414 g/mol. The van der Waals surface area contributed by atoms with Gasteiger partial charge in [0, 0.05) is 61.6 Å². The van der Waals surface area contributed by atoms with Crippen LogP contribution in [0.25, 0.3) is 0 Å². The van der Waals surface area contributed by atoms with Crippen LogP contribution < -0.4 is 0 Å². The van der Waals surface area contributed by atoms with Crippen LogP contribution in [0, 0.1) is 0 Å². The van der Waals surface area contributed by atoms with Crippen LogP contribution in [0.3, 0.4) is 0 Å². The van der Waals surface area contributed by atoms with Crippen LogP contribution in [0.15, 0.2) is 18.2 Å². The van der Waals surface area contributed by atoms with E-state index in [0.29, 0.717) is 18.7 Å². The minimum absolute atomic E-state index is 0.0198. The van der Waals surface area contributed by atoms with Crippen LogP contribution in [-0.4, -0.2) is 75.3 Å². The topological polar surface area (TPSA) is 87.5 Å². The molecule has 3 heterocycles. The number of aliphatic hydroxyl groups is 1. The second-order valence-electron chi connectivity index (χ2n) is 8.75. The fourth-order valence-corrected chi connectivity index (χ4v) is 5.62. The average Bonchev–Trinajstić information content (AvgIpc) is 3.27. The highest BCUT2D eigenvalue weighted by atomic mass is 32.1. The molecule has 1 saturated heterocycles. The first-order valence-corrected chi connectivity index (χ1v) is 11.7. The maximum atomic E-state index is 13.1. The van der Waals surface area contributed by atoms with E-state index in [9.17, 15) is 15.0 Å². The number of fused-ring (bicyclic) bond motifs is 1. The van der Waals surface area contributed by atoms with E-state index in [-0.39, 0.29) is 35.5 Å². The largest absolute Gasteiger partial charge is 0.508 e. The third-order valence-corrected chi connectivity index (χ3v) is 7.34. The first-order chi connectivity index (χ1) is 14.9. The van der Waals surface area contributed by atoms with Crippen molar-refractivity contribution in [3.63, 3.8) is 0 Å². The number of benzene rings is 1. The van der Waals surface area contributed by atoms with Crippen molar-refractivity contribution < 1.29 is 20.1 Å². The van der Waals surface area contributed by atoms with Gasteiger partial charge in [-0.15, -0.1) is 11.3 Å². The number of thiophene rings is 1. The lowest BCUT2D eigenvalue weighted by Crippen LogP contribution is -2.46. The van der Waals surface area contributed by atoms with E-state index in [4.69, 9.17) is 5.11 Å². The van der Waals surface area contributed by atoms with Gasteiger partial charge in [0.2, 0.25) is 0 Å². The van der Waals surface area contributed by atoms with Gasteiger partial charge in [-0.3, -0.25) is 14.6 Å². The highest BCUT2D eigenvalue weighted by Crippen LogP contribution is 2.36. The Morgan fingerprint density at radius 3 is 2.39 bits per heavy atom. The molecule has 0 aliphatic carbocycles. The van der Waals surface area contributed by atoms with Crippen molar-refractivity contribution in [2.24, 2.45) is 0 Å². The predicted molar refractivity (Wildman–Crippen MR) is 121 cm³/mol. The van der Waals surface area contributed by atoms with Gasteiger partial charge in [-0.1, -0.05) is 13.8 Å². The van der Waals surface area contributed by atoms with E-state index in [1.165, 1.54) is 21.4 Å². The molecule has 1 amide bonds. The van der Waals surface area contributed by atoms with Crippen molar-refractivity contribution in [3.05, 3.63) is 44.6 Å². The summed E-state index contributed by atoms with van der Waals surface area (Å²) in [6, 6.07) is 5.10. The van der Waals surface area contributed by atoms with Crippen LogP contribution in [-0.2, 0) is 19.6 Å². The first kappa shape index (κ1) is 22.1. The molecule has 0 radical (unpaired) electrons. The number of aliphatic hydroxyl groups excluding tert-OH is 1. The molecule has 2 aromatic rings. The van der Waals surface area contributed by atoms with E-state index < -0.39 is 0 Å². The number of carbonyl (C=O) groups is 1. The second-order valence-corrected chi connectivity index (χ2v) is 9.97. The van der Waals surface area contributed by atoms with Gasteiger partial charge in [-0.25, -0.2) is 0 Å². The number of hydrogen-bond donors (Lipinski definition) is 3. The Balaban J connectivity index is 1.39. The van der Waals surface area contributed by atoms with Crippen LogP contribution in [0.4, 0.5) is 0 Å². The number of phenolic OH excluding ortho intramolecular Hbond substituents is 2. The van der Waals surface area contributed by atoms with E-state index in [2.05, 4.69) is 15.9 Å². The van der Waals surface area contributed by atoms with Gasteiger partial charge in [0.05, 0.1) is 18.7 Å². The van der Waals surface area contributed by atoms with E-state index >= 15 is 0 Å². The average molecular weight is 446 g/mol. The molecule has 0 saturated carbocycles. The molecule has 3 N–H and O–H groups in total. The molecule has 1 aromatic heterocycles. The fraction of sp³-hybridized carbons (Fsp3) is 0.522. The molecule has 2 aliphatic rings. The minimum atomic E-state index is -0.204. The Kier molecular flexibility index (Phi) is 6.52. The summed E-state index contributed by atoms with van der Waals surface area (Å²) in [7, 11) is 0. The lowest BCUT2D eigenvalue weighted by atomic mass is 9.98. The number of aromatic hydroxyl groups is 2. The van der Waals surface area contributed by atoms with E-state index in [1.807, 2.05) is 13.8 Å². The zero-order chi connectivity index (χ0) is 22.1. The third-order valence-electron chi connectivity index (χ3n) is 6.19. The predicted octanol–water partition coefficient (Wildman–Crippen LogP) is 2.55. The number of nitrogens with zero attached hydrogens (tertiary/aromatic N) is 3. The monoisotopic (exact) mass is 445 g/mol. The maximum Gasteiger partial charge on any atom is 0.258 e. The van der Waals surface area contributed by atoms with Gasteiger partial charge in [-0.05, 0) is 29.2 Å². The smallest absolute Gasteiger partial charge is 0.258 e. The number of phenols is 2. The molecule has 31 heavy (non-hydrogen) atoms. The van der Waals surface area contributed by atoms with Crippen LogP contribution in [0.5, 0.6) is 11.5 Å². The number of β-amino-alcohol motifs (C(OH)–C–C–N with tert-alkyl or cyclic N) is 1. The Labute approximate surface area is 187 Å². The summed E-state index contributed by atoms with van der Waals surface area (Å²) in [5, 5.41) is 29.4. The summed E-state index contributed by atoms with van der Waals surface area (Å²) < 4.78 is 0. The normalized spacial score (nSPS) is 17.5. The van der Waals surface area contributed by atoms with Crippen LogP contribution >= 0.6 is 11.3 Å². The molecule has 7 nitrogen and oxygen atoms in total. The fourth-order valence-electron chi connectivity index (χ4n) is 4.38. The summed E-state index contributed by atoms with van der Waals surface area (Å²) in [4.78, 5) is 22.1. The number of rotatable bonds is 6. The molecule has 8 heteroatoms. The highest BCUT2D eigenvalue weighted by Gasteiger charge is 2.29. The lowest BCUT2D eigenvalue weighted by Gasteiger charge is -2.34. The number of carbonyl (C=O) groups excluding carboxylic acids is 1. The zero-order valence-electron chi connectivity index (χ0n) is 18.2. The first-order valence-electron chi connectivity index (χ1n) is 10.9. The molecular formula is C23H31N3O4S. The number of amides is 1. The lowest BCUT2D eigenvalue weighted by molar-refractivity contribution is 0.0748.